The van der Waals surface area contributed by atoms with Crippen molar-refractivity contribution in [3.05, 3.63) is 47.7 Å². The van der Waals surface area contributed by atoms with Crippen LogP contribution in [0.1, 0.15) is 17.1 Å². The van der Waals surface area contributed by atoms with E-state index in [0.717, 1.165) is 35.3 Å². The number of amides is 1. The number of aromatic nitrogens is 5. The van der Waals surface area contributed by atoms with E-state index in [9.17, 15) is 31.1 Å². The summed E-state index contributed by atoms with van der Waals surface area (Å²) >= 11 is 0. The van der Waals surface area contributed by atoms with Crippen molar-refractivity contribution in [1.82, 2.24) is 29.7 Å². The molecular weight excluding hydrogens is 382 g/mol. The predicted molar refractivity (Wildman–Crippen MR) is 77.1 cm³/mol. The van der Waals surface area contributed by atoms with Crippen molar-refractivity contribution in [3.8, 4) is 0 Å². The first-order valence-corrected chi connectivity index (χ1v) is 7.32. The van der Waals surface area contributed by atoms with Crippen LogP contribution >= 0.6 is 0 Å². The quantitative estimate of drug-likeness (QED) is 0.692. The Balaban J connectivity index is 1.64. The molecule has 1 N–H and O–H groups in total. The number of nitrogens with zero attached hydrogens (tertiary/aromatic N) is 5. The van der Waals surface area contributed by atoms with Crippen LogP contribution in [0.5, 0.6) is 0 Å². The number of nitrogens with one attached hydrogen (secondary N) is 1. The van der Waals surface area contributed by atoms with Crippen LogP contribution in [-0.4, -0.2) is 30.3 Å². The standard InChI is InChI=1S/C14H10F6N6O/c15-13(16,17)8-1-4-26-10(5-8)22-23-11(26)6-21-12(27)7-25-3-2-9(24-25)14(18,19)20/h1-5H,6-7H2,(H,21,27). The highest BCUT2D eigenvalue weighted by molar-refractivity contribution is 5.75. The summed E-state index contributed by atoms with van der Waals surface area (Å²) in [7, 11) is 0. The maximum Gasteiger partial charge on any atom is 0.435 e. The third-order valence-corrected chi connectivity index (χ3v) is 3.49. The lowest BCUT2D eigenvalue weighted by Gasteiger charge is -2.07. The van der Waals surface area contributed by atoms with Crippen molar-refractivity contribution in [2.75, 3.05) is 0 Å². The summed E-state index contributed by atoms with van der Waals surface area (Å²) in [5.41, 5.74) is -2.08. The first-order valence-electron chi connectivity index (χ1n) is 7.32. The van der Waals surface area contributed by atoms with Crippen molar-refractivity contribution in [1.29, 1.82) is 0 Å². The van der Waals surface area contributed by atoms with Gasteiger partial charge in [-0.25, -0.2) is 0 Å². The minimum absolute atomic E-state index is 0.0593. The molecule has 0 aromatic carbocycles. The SMILES string of the molecule is O=C(Cn1ccc(C(F)(F)F)n1)NCc1nnc2cc(C(F)(F)F)ccn12. The number of carbonyl (C=O) groups excluding carboxylic acids is 1. The third-order valence-electron chi connectivity index (χ3n) is 3.49. The maximum absolute atomic E-state index is 12.7. The van der Waals surface area contributed by atoms with Crippen molar-refractivity contribution < 1.29 is 31.1 Å². The molecule has 3 aromatic rings. The summed E-state index contributed by atoms with van der Waals surface area (Å²) in [5.74, 6) is -0.501. The highest BCUT2D eigenvalue weighted by Gasteiger charge is 2.33. The Morgan fingerprint density at radius 1 is 1.04 bits per heavy atom. The number of pyridine rings is 1. The molecule has 3 aromatic heterocycles. The molecule has 0 aliphatic carbocycles. The molecule has 1 amide bonds. The van der Waals surface area contributed by atoms with E-state index in [1.807, 2.05) is 0 Å². The van der Waals surface area contributed by atoms with Crippen molar-refractivity contribution in [3.63, 3.8) is 0 Å². The highest BCUT2D eigenvalue weighted by atomic mass is 19.4. The Labute approximate surface area is 146 Å². The zero-order chi connectivity index (χ0) is 19.8. The van der Waals surface area contributed by atoms with Crippen molar-refractivity contribution >= 4 is 11.6 Å². The second-order valence-corrected chi connectivity index (χ2v) is 5.43. The molecule has 27 heavy (non-hydrogen) atoms. The number of halogens is 6. The van der Waals surface area contributed by atoms with E-state index >= 15 is 0 Å². The summed E-state index contributed by atoms with van der Waals surface area (Å²) in [6.45, 7) is -0.649. The average molecular weight is 392 g/mol. The van der Waals surface area contributed by atoms with Gasteiger partial charge in [0, 0.05) is 12.4 Å². The normalized spacial score (nSPS) is 12.5. The van der Waals surface area contributed by atoms with Crippen LogP contribution in [0.15, 0.2) is 30.6 Å². The van der Waals surface area contributed by atoms with Gasteiger partial charge in [0.15, 0.2) is 17.2 Å². The molecule has 3 rings (SSSR count). The van der Waals surface area contributed by atoms with Gasteiger partial charge in [0.25, 0.3) is 0 Å². The minimum Gasteiger partial charge on any atom is -0.347 e. The Morgan fingerprint density at radius 3 is 2.41 bits per heavy atom. The molecule has 7 nitrogen and oxygen atoms in total. The fourth-order valence-electron chi connectivity index (χ4n) is 2.22. The van der Waals surface area contributed by atoms with Gasteiger partial charge in [-0.2, -0.15) is 31.4 Å². The largest absolute Gasteiger partial charge is 0.435 e. The van der Waals surface area contributed by atoms with Gasteiger partial charge >= 0.3 is 12.4 Å². The number of hydrogen-bond donors (Lipinski definition) is 1. The van der Waals surface area contributed by atoms with Crippen LogP contribution in [0, 0.1) is 0 Å². The minimum atomic E-state index is -4.61. The van der Waals surface area contributed by atoms with Crippen LogP contribution in [-0.2, 0) is 30.2 Å². The van der Waals surface area contributed by atoms with E-state index in [1.54, 1.807) is 0 Å². The van der Waals surface area contributed by atoms with Gasteiger partial charge in [-0.05, 0) is 18.2 Å². The van der Waals surface area contributed by atoms with E-state index in [1.165, 1.54) is 4.40 Å². The van der Waals surface area contributed by atoms with Crippen LogP contribution < -0.4 is 5.32 Å². The Kier molecular flexibility index (Phi) is 4.53. The summed E-state index contributed by atoms with van der Waals surface area (Å²) < 4.78 is 77.4. The second kappa shape index (κ2) is 6.55. The summed E-state index contributed by atoms with van der Waals surface area (Å²) in [4.78, 5) is 11.8. The molecule has 0 unspecified atom stereocenters. The highest BCUT2D eigenvalue weighted by Crippen LogP contribution is 2.29. The Bertz CT molecular complexity index is 973. The van der Waals surface area contributed by atoms with Gasteiger partial charge in [0.05, 0.1) is 12.1 Å². The Morgan fingerprint density at radius 2 is 1.78 bits per heavy atom. The summed E-state index contributed by atoms with van der Waals surface area (Å²) in [6.07, 6.45) is -7.02. The molecule has 0 saturated carbocycles. The number of hydrogen-bond acceptors (Lipinski definition) is 4. The molecular formula is C14H10F6N6O. The van der Waals surface area contributed by atoms with E-state index in [2.05, 4.69) is 20.6 Å². The van der Waals surface area contributed by atoms with Gasteiger partial charge in [-0.15, -0.1) is 10.2 Å². The molecule has 0 spiro atoms. The number of rotatable bonds is 4. The lowest BCUT2D eigenvalue weighted by Crippen LogP contribution is -2.28. The molecule has 0 saturated heterocycles. The Hall–Kier alpha value is -3.12. The molecule has 13 heteroatoms. The number of carbonyl (C=O) groups is 1. The fourth-order valence-corrected chi connectivity index (χ4v) is 2.22. The summed E-state index contributed by atoms with van der Waals surface area (Å²) in [5, 5.41) is 12.9. The van der Waals surface area contributed by atoms with Gasteiger partial charge in [-0.3, -0.25) is 13.9 Å². The molecule has 0 radical (unpaired) electrons. The van der Waals surface area contributed by atoms with E-state index in [-0.39, 0.29) is 18.0 Å². The lowest BCUT2D eigenvalue weighted by molar-refractivity contribution is -0.141. The first-order chi connectivity index (χ1) is 12.5. The average Bonchev–Trinajstić information content (AvgIpc) is 3.18. The third kappa shape index (κ3) is 4.17. The second-order valence-electron chi connectivity index (χ2n) is 5.43. The molecule has 0 atom stereocenters. The van der Waals surface area contributed by atoms with Gasteiger partial charge in [0.1, 0.15) is 6.54 Å². The monoisotopic (exact) mass is 392 g/mol. The van der Waals surface area contributed by atoms with Crippen molar-refractivity contribution in [2.24, 2.45) is 0 Å². The van der Waals surface area contributed by atoms with Crippen LogP contribution in [0.4, 0.5) is 26.3 Å². The van der Waals surface area contributed by atoms with Crippen molar-refractivity contribution in [2.45, 2.75) is 25.4 Å². The smallest absolute Gasteiger partial charge is 0.347 e. The molecule has 144 valence electrons. The van der Waals surface area contributed by atoms with E-state index in [4.69, 9.17) is 0 Å². The van der Waals surface area contributed by atoms with Gasteiger partial charge in [0.2, 0.25) is 5.91 Å². The summed E-state index contributed by atoms with van der Waals surface area (Å²) in [6, 6.07) is 2.38. The molecule has 0 bridgehead atoms. The molecule has 0 aliphatic rings. The fraction of sp³-hybridized carbons (Fsp3) is 0.286. The topological polar surface area (TPSA) is 77.1 Å². The van der Waals surface area contributed by atoms with E-state index in [0.29, 0.717) is 0 Å². The van der Waals surface area contributed by atoms with E-state index < -0.39 is 36.1 Å². The van der Waals surface area contributed by atoms with Crippen LogP contribution in [0.25, 0.3) is 5.65 Å². The number of fused-ring (bicyclic) bond motifs is 1. The van der Waals surface area contributed by atoms with Gasteiger partial charge < -0.3 is 5.32 Å². The number of alkyl halides is 6. The van der Waals surface area contributed by atoms with Crippen LogP contribution in [0.2, 0.25) is 0 Å². The predicted octanol–water partition coefficient (Wildman–Crippen LogP) is 2.28. The molecule has 0 aliphatic heterocycles. The zero-order valence-corrected chi connectivity index (χ0v) is 13.2. The molecule has 0 fully saturated rings. The maximum atomic E-state index is 12.7. The lowest BCUT2D eigenvalue weighted by atomic mass is 10.2. The zero-order valence-electron chi connectivity index (χ0n) is 13.2. The van der Waals surface area contributed by atoms with Crippen LogP contribution in [0.3, 0.4) is 0 Å². The first kappa shape index (κ1) is 18.7. The van der Waals surface area contributed by atoms with Gasteiger partial charge in [-0.1, -0.05) is 0 Å². The molecule has 3 heterocycles.